The van der Waals surface area contributed by atoms with Gasteiger partial charge >= 0.3 is 0 Å². The molecule has 1 fully saturated rings. The summed E-state index contributed by atoms with van der Waals surface area (Å²) >= 11 is 0. The van der Waals surface area contributed by atoms with Gasteiger partial charge in [-0.15, -0.1) is 0 Å². The minimum Gasteiger partial charge on any atom is -0.441 e. The Balaban J connectivity index is 1.28. The van der Waals surface area contributed by atoms with Gasteiger partial charge in [0.05, 0.1) is 6.20 Å². The van der Waals surface area contributed by atoms with Crippen LogP contribution in [-0.2, 0) is 11.2 Å². The van der Waals surface area contributed by atoms with Crippen molar-refractivity contribution in [2.24, 2.45) is 0 Å². The van der Waals surface area contributed by atoms with Crippen LogP contribution in [0.2, 0.25) is 0 Å². The molecule has 0 spiro atoms. The van der Waals surface area contributed by atoms with Gasteiger partial charge < -0.3 is 14.2 Å². The number of rotatable bonds is 5. The number of halogens is 1. The Hall–Kier alpha value is -3.15. The van der Waals surface area contributed by atoms with Crippen LogP contribution in [0.3, 0.4) is 0 Å². The molecule has 0 saturated carbocycles. The summed E-state index contributed by atoms with van der Waals surface area (Å²) in [4.78, 5) is 21.0. The molecule has 6 heteroatoms. The van der Waals surface area contributed by atoms with Crippen LogP contribution in [0.4, 0.5) is 10.1 Å². The van der Waals surface area contributed by atoms with Gasteiger partial charge in [-0.1, -0.05) is 18.2 Å². The first-order valence-electron chi connectivity index (χ1n) is 9.47. The molecule has 3 aromatic rings. The van der Waals surface area contributed by atoms with Gasteiger partial charge in [0, 0.05) is 50.3 Å². The second-order valence-electron chi connectivity index (χ2n) is 6.83. The zero-order valence-corrected chi connectivity index (χ0v) is 15.6. The van der Waals surface area contributed by atoms with Crippen LogP contribution < -0.4 is 4.90 Å². The predicted molar refractivity (Wildman–Crippen MR) is 105 cm³/mol. The first-order chi connectivity index (χ1) is 13.7. The highest BCUT2D eigenvalue weighted by Crippen LogP contribution is 2.21. The van der Waals surface area contributed by atoms with Crippen molar-refractivity contribution >= 4 is 11.6 Å². The fourth-order valence-electron chi connectivity index (χ4n) is 3.40. The van der Waals surface area contributed by atoms with Gasteiger partial charge in [-0.05, 0) is 36.4 Å². The number of carbonyl (C=O) groups is 1. The molecule has 0 radical (unpaired) electrons. The normalized spacial score (nSPS) is 14.3. The Morgan fingerprint density at radius 1 is 1.00 bits per heavy atom. The molecular weight excluding hydrogens is 357 g/mol. The topological polar surface area (TPSA) is 49.6 Å². The zero-order valence-electron chi connectivity index (χ0n) is 15.6. The smallest absolute Gasteiger partial charge is 0.223 e. The largest absolute Gasteiger partial charge is 0.441 e. The number of hydrogen-bond donors (Lipinski definition) is 0. The molecule has 28 heavy (non-hydrogen) atoms. The molecule has 1 amide bonds. The molecule has 5 nitrogen and oxygen atoms in total. The number of aromatic nitrogens is 1. The number of nitrogens with zero attached hydrogens (tertiary/aromatic N) is 3. The van der Waals surface area contributed by atoms with Gasteiger partial charge in [0.2, 0.25) is 5.91 Å². The highest BCUT2D eigenvalue weighted by Gasteiger charge is 2.21. The lowest BCUT2D eigenvalue weighted by molar-refractivity contribution is -0.131. The van der Waals surface area contributed by atoms with Crippen molar-refractivity contribution in [3.8, 4) is 11.3 Å². The van der Waals surface area contributed by atoms with Crippen LogP contribution in [0.1, 0.15) is 12.3 Å². The van der Waals surface area contributed by atoms with Crippen LogP contribution in [-0.4, -0.2) is 42.0 Å². The lowest BCUT2D eigenvalue weighted by Crippen LogP contribution is -2.48. The maximum absolute atomic E-state index is 13.0. The van der Waals surface area contributed by atoms with Crippen molar-refractivity contribution in [1.82, 2.24) is 9.88 Å². The molecule has 1 saturated heterocycles. The predicted octanol–water partition coefficient (Wildman–Crippen LogP) is 3.76. The molecule has 0 N–H and O–H groups in total. The molecule has 1 aliphatic heterocycles. The molecule has 2 heterocycles. The van der Waals surface area contributed by atoms with E-state index >= 15 is 0 Å². The molecule has 1 aliphatic rings. The van der Waals surface area contributed by atoms with E-state index in [2.05, 4.69) is 22.0 Å². The van der Waals surface area contributed by atoms with Crippen LogP contribution in [0.15, 0.2) is 65.2 Å². The molecule has 1 aromatic heterocycles. The average molecular weight is 379 g/mol. The highest BCUT2D eigenvalue weighted by molar-refractivity contribution is 5.76. The summed E-state index contributed by atoms with van der Waals surface area (Å²) < 4.78 is 18.7. The van der Waals surface area contributed by atoms with Gasteiger partial charge in [0.25, 0.3) is 0 Å². The van der Waals surface area contributed by atoms with Gasteiger partial charge in [-0.25, -0.2) is 9.37 Å². The number of amides is 1. The van der Waals surface area contributed by atoms with E-state index in [9.17, 15) is 9.18 Å². The fraction of sp³-hybridized carbons (Fsp3) is 0.273. The molecule has 0 aliphatic carbocycles. The van der Waals surface area contributed by atoms with Crippen LogP contribution in [0.5, 0.6) is 0 Å². The van der Waals surface area contributed by atoms with E-state index in [1.807, 2.05) is 23.1 Å². The van der Waals surface area contributed by atoms with Crippen molar-refractivity contribution in [3.05, 3.63) is 72.5 Å². The van der Waals surface area contributed by atoms with Crippen molar-refractivity contribution < 1.29 is 13.6 Å². The summed E-state index contributed by atoms with van der Waals surface area (Å²) in [6, 6.07) is 16.3. The van der Waals surface area contributed by atoms with E-state index in [0.29, 0.717) is 24.5 Å². The molecule has 0 unspecified atom stereocenters. The van der Waals surface area contributed by atoms with E-state index < -0.39 is 0 Å². The quantitative estimate of drug-likeness (QED) is 0.677. The minimum absolute atomic E-state index is 0.120. The number of carbonyl (C=O) groups excluding carboxylic acids is 1. The maximum Gasteiger partial charge on any atom is 0.223 e. The third kappa shape index (κ3) is 4.22. The number of aryl methyl sites for hydroxylation is 1. The van der Waals surface area contributed by atoms with Gasteiger partial charge in [-0.2, -0.15) is 0 Å². The number of benzene rings is 2. The number of piperazine rings is 1. The highest BCUT2D eigenvalue weighted by atomic mass is 19.1. The average Bonchev–Trinajstić information content (AvgIpc) is 3.22. The number of anilines is 1. The molecule has 0 atom stereocenters. The fourth-order valence-corrected chi connectivity index (χ4v) is 3.40. The third-order valence-electron chi connectivity index (χ3n) is 4.99. The van der Waals surface area contributed by atoms with Gasteiger partial charge in [0.1, 0.15) is 5.82 Å². The summed E-state index contributed by atoms with van der Waals surface area (Å²) in [5.41, 5.74) is 1.96. The standard InChI is InChI=1S/C22H22FN3O2/c23-18-8-6-17(7-9-18)20-16-24-21(28-20)10-11-22(27)26-14-12-25(13-15-26)19-4-2-1-3-5-19/h1-9,16H,10-15H2. The first kappa shape index (κ1) is 18.2. The van der Waals surface area contributed by atoms with E-state index in [1.165, 1.54) is 17.8 Å². The van der Waals surface area contributed by atoms with Gasteiger partial charge in [0.15, 0.2) is 11.7 Å². The second kappa shape index (κ2) is 8.25. The van der Waals surface area contributed by atoms with E-state index in [1.54, 1.807) is 18.3 Å². The van der Waals surface area contributed by atoms with E-state index in [-0.39, 0.29) is 11.7 Å². The number of oxazole rings is 1. The Morgan fingerprint density at radius 3 is 2.43 bits per heavy atom. The molecular formula is C22H22FN3O2. The Kier molecular flexibility index (Phi) is 5.37. The van der Waals surface area contributed by atoms with Crippen molar-refractivity contribution in [2.45, 2.75) is 12.8 Å². The Morgan fingerprint density at radius 2 is 1.71 bits per heavy atom. The SMILES string of the molecule is O=C(CCc1ncc(-c2ccc(F)cc2)o1)N1CCN(c2ccccc2)CC1. The van der Waals surface area contributed by atoms with Crippen LogP contribution in [0, 0.1) is 5.82 Å². The second-order valence-corrected chi connectivity index (χ2v) is 6.83. The van der Waals surface area contributed by atoms with Gasteiger partial charge in [-0.3, -0.25) is 4.79 Å². The lowest BCUT2D eigenvalue weighted by atomic mass is 10.2. The minimum atomic E-state index is -0.290. The summed E-state index contributed by atoms with van der Waals surface area (Å²) in [7, 11) is 0. The summed E-state index contributed by atoms with van der Waals surface area (Å²) in [5.74, 6) is 0.935. The molecule has 4 rings (SSSR count). The Labute approximate surface area is 163 Å². The van der Waals surface area contributed by atoms with Crippen molar-refractivity contribution in [3.63, 3.8) is 0 Å². The molecule has 144 valence electrons. The van der Waals surface area contributed by atoms with Crippen LogP contribution >= 0.6 is 0 Å². The van der Waals surface area contributed by atoms with Crippen LogP contribution in [0.25, 0.3) is 11.3 Å². The summed E-state index contributed by atoms with van der Waals surface area (Å²) in [6.07, 6.45) is 2.44. The van der Waals surface area contributed by atoms with E-state index in [0.717, 1.165) is 31.7 Å². The van der Waals surface area contributed by atoms with Crippen molar-refractivity contribution in [1.29, 1.82) is 0 Å². The summed E-state index contributed by atoms with van der Waals surface area (Å²) in [5, 5.41) is 0. The monoisotopic (exact) mass is 379 g/mol. The zero-order chi connectivity index (χ0) is 19.3. The molecule has 0 bridgehead atoms. The molecule has 2 aromatic carbocycles. The summed E-state index contributed by atoms with van der Waals surface area (Å²) in [6.45, 7) is 3.12. The van der Waals surface area contributed by atoms with Crippen molar-refractivity contribution in [2.75, 3.05) is 31.1 Å². The Bertz CT molecular complexity index is 916. The number of para-hydroxylation sites is 1. The maximum atomic E-state index is 13.0. The lowest BCUT2D eigenvalue weighted by Gasteiger charge is -2.36. The number of hydrogen-bond acceptors (Lipinski definition) is 4. The van der Waals surface area contributed by atoms with E-state index in [4.69, 9.17) is 4.42 Å². The third-order valence-corrected chi connectivity index (χ3v) is 4.99. The first-order valence-corrected chi connectivity index (χ1v) is 9.47.